The molecule has 0 atom stereocenters. The van der Waals surface area contributed by atoms with Crippen LogP contribution in [0.15, 0.2) is 72.8 Å². The third-order valence-electron chi connectivity index (χ3n) is 3.11. The average Bonchev–Trinajstić information content (AvgIpc) is 3.19. The first-order valence-corrected chi connectivity index (χ1v) is 12.9. The maximum absolute atomic E-state index is 4.93. The van der Waals surface area contributed by atoms with Crippen molar-refractivity contribution in [3.8, 4) is 0 Å². The van der Waals surface area contributed by atoms with Gasteiger partial charge in [0.05, 0.1) is 0 Å². The van der Waals surface area contributed by atoms with Crippen LogP contribution in [0.5, 0.6) is 0 Å². The molecule has 3 aromatic rings. The zero-order valence-electron chi connectivity index (χ0n) is 12.6. The van der Waals surface area contributed by atoms with E-state index < -0.39 is 20.8 Å². The van der Waals surface area contributed by atoms with Gasteiger partial charge in [0, 0.05) is 0 Å². The Bertz CT molecular complexity index is 690. The molecule has 0 nitrogen and oxygen atoms in total. The first-order valence-electron chi connectivity index (χ1n) is 6.58. The van der Waals surface area contributed by atoms with E-state index in [0.29, 0.717) is 0 Å². The number of allylic oxidation sites excluding steroid dienone is 4. The number of benzene rings is 2. The monoisotopic (exact) mass is 550 g/mol. The molecule has 0 bridgehead atoms. The molecule has 3 aromatic carbocycles. The Morgan fingerprint density at radius 1 is 0.875 bits per heavy atom. The minimum atomic E-state index is -0.826. The summed E-state index contributed by atoms with van der Waals surface area (Å²) in [5, 5.41) is 5.39. The summed E-state index contributed by atoms with van der Waals surface area (Å²) in [5.41, 5.74) is 0. The SMILES string of the molecule is [C-]1=CC=CC1.[Cl-].[Cl-].[Cl][Zr][Cl].[Zr+3].c1ccc2c(c1)[cH-]c1ccccc12. The van der Waals surface area contributed by atoms with Crippen LogP contribution in [0, 0.1) is 6.08 Å². The molecule has 24 heavy (non-hydrogen) atoms. The van der Waals surface area contributed by atoms with Gasteiger partial charge in [-0.25, -0.2) is 12.2 Å². The zero-order chi connectivity index (χ0) is 14.9. The van der Waals surface area contributed by atoms with Gasteiger partial charge >= 0.3 is 64.1 Å². The summed E-state index contributed by atoms with van der Waals surface area (Å²) in [7, 11) is 9.87. The van der Waals surface area contributed by atoms with Gasteiger partial charge in [-0.05, 0) is 0 Å². The molecule has 0 saturated heterocycles. The summed E-state index contributed by atoms with van der Waals surface area (Å²) in [6.07, 6.45) is 10.0. The van der Waals surface area contributed by atoms with E-state index in [-0.39, 0.29) is 51.0 Å². The van der Waals surface area contributed by atoms with E-state index in [4.69, 9.17) is 17.0 Å². The Morgan fingerprint density at radius 3 is 1.67 bits per heavy atom. The van der Waals surface area contributed by atoms with Crippen molar-refractivity contribution in [2.75, 3.05) is 0 Å². The van der Waals surface area contributed by atoms with Crippen molar-refractivity contribution < 1.29 is 71.9 Å². The van der Waals surface area contributed by atoms with E-state index in [2.05, 4.69) is 66.7 Å². The largest absolute Gasteiger partial charge is 3.00 e. The van der Waals surface area contributed by atoms with Crippen LogP contribution in [-0.4, -0.2) is 0 Å². The smallest absolute Gasteiger partial charge is 0.126 e. The van der Waals surface area contributed by atoms with Gasteiger partial charge in [-0.1, -0.05) is 36.4 Å². The molecule has 0 aromatic heterocycles. The molecule has 0 N–H and O–H groups in total. The number of hydrogen-bond donors (Lipinski definition) is 0. The first kappa shape index (κ1) is 26.9. The van der Waals surface area contributed by atoms with Gasteiger partial charge < -0.3 is 24.8 Å². The molecule has 1 aliphatic carbocycles. The Balaban J connectivity index is 0. The molecule has 0 unspecified atom stereocenters. The quantitative estimate of drug-likeness (QED) is 0.353. The molecule has 0 aliphatic heterocycles. The maximum atomic E-state index is 4.93. The standard InChI is InChI=1S/C13H9.C5H5.4ClH.2Zr/c1-3-7-12-10(5-1)9-11-6-2-4-8-13(11)12;1-2-4-5-3-1;;;;;;/h1-9H;1-3H,4H2;4*1H;;/q2*-1;;;;;+2;+3/p-4. The van der Waals surface area contributed by atoms with Crippen molar-refractivity contribution in [3.63, 3.8) is 0 Å². The van der Waals surface area contributed by atoms with Crippen LogP contribution in [0.25, 0.3) is 21.5 Å². The van der Waals surface area contributed by atoms with Crippen molar-refractivity contribution in [1.29, 1.82) is 0 Å². The molecule has 123 valence electrons. The summed E-state index contributed by atoms with van der Waals surface area (Å²) in [5.74, 6) is 0. The summed E-state index contributed by atoms with van der Waals surface area (Å²) < 4.78 is 0. The van der Waals surface area contributed by atoms with Crippen molar-refractivity contribution in [2.24, 2.45) is 0 Å². The third kappa shape index (κ3) is 8.40. The van der Waals surface area contributed by atoms with Crippen LogP contribution in [0.4, 0.5) is 0 Å². The zero-order valence-corrected chi connectivity index (χ0v) is 20.6. The number of rotatable bonds is 0. The summed E-state index contributed by atoms with van der Waals surface area (Å²) in [6, 6.07) is 19.3. The molecule has 6 heteroatoms. The number of halogens is 4. The van der Waals surface area contributed by atoms with Gasteiger partial charge in [-0.3, -0.25) is 6.08 Å². The Kier molecular flexibility index (Phi) is 17.9. The van der Waals surface area contributed by atoms with Crippen LogP contribution in [0.2, 0.25) is 0 Å². The molecular formula is C18H14Cl4Zr2-. The van der Waals surface area contributed by atoms with E-state index in [9.17, 15) is 0 Å². The Hall–Kier alpha value is 0.716. The van der Waals surface area contributed by atoms with Gasteiger partial charge in [0.1, 0.15) is 0 Å². The number of fused-ring (bicyclic) bond motifs is 3. The van der Waals surface area contributed by atoms with Crippen LogP contribution in [0.3, 0.4) is 0 Å². The number of hydrogen-bond acceptors (Lipinski definition) is 0. The predicted molar refractivity (Wildman–Crippen MR) is 90.3 cm³/mol. The summed E-state index contributed by atoms with van der Waals surface area (Å²) >= 11 is -0.826. The summed E-state index contributed by atoms with van der Waals surface area (Å²) in [4.78, 5) is 0. The Morgan fingerprint density at radius 2 is 1.33 bits per heavy atom. The van der Waals surface area contributed by atoms with Crippen LogP contribution in [0.1, 0.15) is 6.42 Å². The fourth-order valence-corrected chi connectivity index (χ4v) is 2.24. The van der Waals surface area contributed by atoms with Gasteiger partial charge in [0.15, 0.2) is 0 Å². The van der Waals surface area contributed by atoms with Crippen molar-refractivity contribution >= 4 is 38.6 Å². The second-order valence-electron chi connectivity index (χ2n) is 4.39. The van der Waals surface area contributed by atoms with Gasteiger partial charge in [0.25, 0.3) is 0 Å². The topological polar surface area (TPSA) is 0 Å². The molecule has 1 radical (unpaired) electrons. The van der Waals surface area contributed by atoms with E-state index in [1.54, 1.807) is 0 Å². The van der Waals surface area contributed by atoms with E-state index in [1.807, 2.05) is 12.2 Å². The third-order valence-corrected chi connectivity index (χ3v) is 3.11. The van der Waals surface area contributed by atoms with Crippen molar-refractivity contribution in [1.82, 2.24) is 0 Å². The second-order valence-corrected chi connectivity index (χ2v) is 8.13. The van der Waals surface area contributed by atoms with Gasteiger partial charge in [-0.15, -0.1) is 46.2 Å². The van der Waals surface area contributed by atoms with Gasteiger partial charge in [-0.2, -0.15) is 6.08 Å². The van der Waals surface area contributed by atoms with Crippen molar-refractivity contribution in [2.45, 2.75) is 6.42 Å². The van der Waals surface area contributed by atoms with Crippen LogP contribution >= 0.6 is 17.0 Å². The van der Waals surface area contributed by atoms with Crippen LogP contribution in [-0.2, 0) is 47.1 Å². The molecule has 0 saturated carbocycles. The average molecular weight is 555 g/mol. The molecule has 4 rings (SSSR count). The normalized spacial score (nSPS) is 10.2. The fraction of sp³-hybridized carbons (Fsp3) is 0.0556. The maximum Gasteiger partial charge on any atom is 3.00 e. The molecular weight excluding hydrogens is 540 g/mol. The van der Waals surface area contributed by atoms with E-state index >= 15 is 0 Å². The molecule has 0 fully saturated rings. The molecule has 0 amide bonds. The Labute approximate surface area is 193 Å². The molecule has 1 aliphatic rings. The van der Waals surface area contributed by atoms with Gasteiger partial charge in [0.2, 0.25) is 0 Å². The van der Waals surface area contributed by atoms with Crippen LogP contribution < -0.4 is 24.8 Å². The minimum absolute atomic E-state index is 0. The molecule has 0 spiro atoms. The first-order chi connectivity index (χ1) is 10.4. The van der Waals surface area contributed by atoms with E-state index in [1.165, 1.54) is 21.5 Å². The fourth-order valence-electron chi connectivity index (χ4n) is 2.24. The molecule has 0 heterocycles. The van der Waals surface area contributed by atoms with Crippen molar-refractivity contribution in [3.05, 3.63) is 78.9 Å². The minimum Gasteiger partial charge on any atom is -0.126 e. The predicted octanol–water partition coefficient (Wildman–Crippen LogP) is 0.400. The second kappa shape index (κ2) is 15.9. The van der Waals surface area contributed by atoms with E-state index in [0.717, 1.165) is 6.42 Å². The summed E-state index contributed by atoms with van der Waals surface area (Å²) in [6.45, 7) is 0.